The van der Waals surface area contributed by atoms with Crippen molar-refractivity contribution in [2.75, 3.05) is 0 Å². The highest BCUT2D eigenvalue weighted by atomic mass is 79.9. The summed E-state index contributed by atoms with van der Waals surface area (Å²) >= 11 is 3.14. The van der Waals surface area contributed by atoms with Crippen LogP contribution in [0.15, 0.2) is 22.7 Å². The van der Waals surface area contributed by atoms with E-state index < -0.39 is 17.1 Å². The Kier molecular flexibility index (Phi) is 6.39. The van der Waals surface area contributed by atoms with Crippen LogP contribution < -0.4 is 5.73 Å². The van der Waals surface area contributed by atoms with Crippen LogP contribution in [0.4, 0.5) is 5.69 Å². The number of nitro benzene ring substituents is 1. The molecule has 0 bridgehead atoms. The third-order valence-electron chi connectivity index (χ3n) is 3.80. The summed E-state index contributed by atoms with van der Waals surface area (Å²) in [5, 5.41) is 21.2. The minimum Gasteiger partial charge on any atom is -0.391 e. The van der Waals surface area contributed by atoms with Crippen LogP contribution in [0.1, 0.15) is 37.3 Å². The van der Waals surface area contributed by atoms with Crippen molar-refractivity contribution in [3.63, 3.8) is 0 Å². The summed E-state index contributed by atoms with van der Waals surface area (Å²) in [6.07, 6.45) is 3.56. The minimum absolute atomic E-state index is 0. The van der Waals surface area contributed by atoms with E-state index in [9.17, 15) is 15.2 Å². The Labute approximate surface area is 132 Å². The summed E-state index contributed by atoms with van der Waals surface area (Å²) < 4.78 is 0.420. The molecule has 0 amide bonds. The number of rotatable bonds is 4. The predicted octanol–water partition coefficient (Wildman–Crippen LogP) is 3.33. The maximum atomic E-state index is 10.9. The number of aliphatic hydroxyl groups is 1. The summed E-state index contributed by atoms with van der Waals surface area (Å²) in [6.45, 7) is 0. The average molecular weight is 366 g/mol. The molecular weight excluding hydrogens is 348 g/mol. The molecule has 7 heteroatoms. The molecule has 0 spiro atoms. The number of nitrogens with zero attached hydrogens (tertiary/aromatic N) is 1. The summed E-state index contributed by atoms with van der Waals surface area (Å²) in [5.74, 6) is 0.206. The van der Waals surface area contributed by atoms with Crippen LogP contribution in [0.2, 0.25) is 0 Å². The van der Waals surface area contributed by atoms with Crippen molar-refractivity contribution < 1.29 is 10.0 Å². The smallest absolute Gasteiger partial charge is 0.283 e. The van der Waals surface area contributed by atoms with E-state index in [1.807, 2.05) is 0 Å². The number of nitro groups is 1. The van der Waals surface area contributed by atoms with E-state index in [0.29, 0.717) is 10.0 Å². The lowest BCUT2D eigenvalue weighted by Crippen LogP contribution is -2.31. The predicted molar refractivity (Wildman–Crippen MR) is 82.9 cm³/mol. The highest BCUT2D eigenvalue weighted by Gasteiger charge is 2.29. The zero-order valence-corrected chi connectivity index (χ0v) is 13.3. The first-order valence-electron chi connectivity index (χ1n) is 6.38. The molecule has 0 aliphatic heterocycles. The fraction of sp³-hybridized carbons (Fsp3) is 0.538. The van der Waals surface area contributed by atoms with Crippen LogP contribution >= 0.6 is 28.3 Å². The monoisotopic (exact) mass is 364 g/mol. The van der Waals surface area contributed by atoms with Gasteiger partial charge in [0.1, 0.15) is 0 Å². The maximum Gasteiger partial charge on any atom is 0.283 e. The number of nitrogens with two attached hydrogens (primary N) is 1. The topological polar surface area (TPSA) is 89.4 Å². The fourth-order valence-corrected chi connectivity index (χ4v) is 3.06. The molecule has 1 aromatic rings. The van der Waals surface area contributed by atoms with Crippen molar-refractivity contribution in [3.05, 3.63) is 38.3 Å². The van der Waals surface area contributed by atoms with E-state index in [2.05, 4.69) is 15.9 Å². The molecule has 5 nitrogen and oxygen atoms in total. The van der Waals surface area contributed by atoms with Gasteiger partial charge in [-0.3, -0.25) is 10.1 Å². The van der Waals surface area contributed by atoms with E-state index in [1.54, 1.807) is 12.1 Å². The van der Waals surface area contributed by atoms with Crippen molar-refractivity contribution in [1.29, 1.82) is 0 Å². The van der Waals surface area contributed by atoms with Crippen LogP contribution in [0, 0.1) is 16.0 Å². The van der Waals surface area contributed by atoms with Crippen molar-refractivity contribution >= 4 is 34.0 Å². The maximum absolute atomic E-state index is 10.9. The Hall–Kier alpha value is -0.690. The zero-order chi connectivity index (χ0) is 14.0. The molecule has 0 heterocycles. The van der Waals surface area contributed by atoms with Gasteiger partial charge >= 0.3 is 0 Å². The van der Waals surface area contributed by atoms with Crippen LogP contribution in [0.3, 0.4) is 0 Å². The first-order chi connectivity index (χ1) is 9.00. The van der Waals surface area contributed by atoms with Crippen molar-refractivity contribution in [2.45, 2.75) is 37.8 Å². The van der Waals surface area contributed by atoms with Gasteiger partial charge in [-0.25, -0.2) is 0 Å². The molecule has 3 N–H and O–H groups in total. The van der Waals surface area contributed by atoms with Gasteiger partial charge < -0.3 is 10.8 Å². The second-order valence-corrected chi connectivity index (χ2v) is 5.88. The number of hydrogen-bond acceptors (Lipinski definition) is 4. The quantitative estimate of drug-likeness (QED) is 0.632. The number of halogens is 2. The van der Waals surface area contributed by atoms with Gasteiger partial charge in [0.2, 0.25) is 0 Å². The second-order valence-electron chi connectivity index (χ2n) is 5.03. The van der Waals surface area contributed by atoms with Crippen LogP contribution in [-0.4, -0.2) is 16.1 Å². The summed E-state index contributed by atoms with van der Waals surface area (Å²) in [7, 11) is 0. The van der Waals surface area contributed by atoms with Gasteiger partial charge in [-0.05, 0) is 46.3 Å². The van der Waals surface area contributed by atoms with E-state index in [4.69, 9.17) is 5.73 Å². The van der Waals surface area contributed by atoms with E-state index in [1.165, 1.54) is 6.07 Å². The lowest BCUT2D eigenvalue weighted by Gasteiger charge is -2.24. The molecule has 0 unspecified atom stereocenters. The Morgan fingerprint density at radius 3 is 2.55 bits per heavy atom. The minimum atomic E-state index is -0.636. The molecule has 2 rings (SSSR count). The number of benzene rings is 1. The third-order valence-corrected chi connectivity index (χ3v) is 4.47. The van der Waals surface area contributed by atoms with Gasteiger partial charge in [-0.2, -0.15) is 0 Å². The molecule has 1 aliphatic rings. The zero-order valence-electron chi connectivity index (χ0n) is 10.9. The average Bonchev–Trinajstić information content (AvgIpc) is 2.91. The molecule has 1 aromatic carbocycles. The number of aliphatic hydroxyl groups excluding tert-OH is 1. The Bertz CT molecular complexity index is 481. The van der Waals surface area contributed by atoms with Crippen molar-refractivity contribution in [2.24, 2.45) is 11.7 Å². The molecule has 2 atom stereocenters. The Balaban J connectivity index is 0.00000200. The fourth-order valence-electron chi connectivity index (χ4n) is 2.67. The van der Waals surface area contributed by atoms with Gasteiger partial charge in [0.25, 0.3) is 5.69 Å². The van der Waals surface area contributed by atoms with E-state index >= 15 is 0 Å². The van der Waals surface area contributed by atoms with Gasteiger partial charge in [0.05, 0.1) is 21.5 Å². The van der Waals surface area contributed by atoms with Gasteiger partial charge in [0, 0.05) is 6.07 Å². The summed E-state index contributed by atoms with van der Waals surface area (Å²) in [6, 6.07) is 4.19. The van der Waals surface area contributed by atoms with Gasteiger partial charge in [-0.1, -0.05) is 18.9 Å². The molecule has 20 heavy (non-hydrogen) atoms. The highest BCUT2D eigenvalue weighted by molar-refractivity contribution is 9.10. The third kappa shape index (κ3) is 3.69. The van der Waals surface area contributed by atoms with Crippen molar-refractivity contribution in [1.82, 2.24) is 0 Å². The molecule has 0 aromatic heterocycles. The highest BCUT2D eigenvalue weighted by Crippen LogP contribution is 2.34. The second kappa shape index (κ2) is 7.36. The summed E-state index contributed by atoms with van der Waals surface area (Å²) in [4.78, 5) is 10.4. The molecular formula is C13H18BrClN2O3. The lowest BCUT2D eigenvalue weighted by atomic mass is 9.91. The molecule has 1 saturated carbocycles. The van der Waals surface area contributed by atoms with Crippen LogP contribution in [0.25, 0.3) is 0 Å². The molecule has 0 saturated heterocycles. The Morgan fingerprint density at radius 2 is 2.00 bits per heavy atom. The molecule has 1 aliphatic carbocycles. The van der Waals surface area contributed by atoms with E-state index in [-0.39, 0.29) is 24.0 Å². The Morgan fingerprint density at radius 1 is 1.40 bits per heavy atom. The number of hydrogen-bond donors (Lipinski definition) is 2. The standard InChI is InChI=1S/C13H17BrN2O3.ClH/c14-10-6-5-9(7-11(10)16(18)19)12(15)13(17)8-3-1-2-4-8;/h5-8,12-13,17H,1-4,15H2;1H/t12-,13+;/m0./s1. The SMILES string of the molecule is Cl.N[C@@H](c1ccc(Br)c([N+](=O)[O-])c1)[C@H](O)C1CCCC1. The molecule has 112 valence electrons. The van der Waals surface area contributed by atoms with E-state index in [0.717, 1.165) is 25.7 Å². The first-order valence-corrected chi connectivity index (χ1v) is 7.17. The van der Waals surface area contributed by atoms with Crippen LogP contribution in [-0.2, 0) is 0 Å². The van der Waals surface area contributed by atoms with Crippen molar-refractivity contribution in [3.8, 4) is 0 Å². The first kappa shape index (κ1) is 17.4. The van der Waals surface area contributed by atoms with Gasteiger partial charge in [-0.15, -0.1) is 12.4 Å². The summed E-state index contributed by atoms with van der Waals surface area (Å²) in [5.41, 5.74) is 6.63. The van der Waals surface area contributed by atoms with Gasteiger partial charge in [0.15, 0.2) is 0 Å². The molecule has 1 fully saturated rings. The molecule has 0 radical (unpaired) electrons. The van der Waals surface area contributed by atoms with Crippen LogP contribution in [0.5, 0.6) is 0 Å². The lowest BCUT2D eigenvalue weighted by molar-refractivity contribution is -0.385. The largest absolute Gasteiger partial charge is 0.391 e. The normalized spacial score (nSPS) is 18.4.